The molecular weight excluding hydrogens is 248 g/mol. The SMILES string of the molecule is CC(C)(C)OC(=O)N1CCC2(CCC2NS)CC1. The minimum Gasteiger partial charge on any atom is -0.444 e. The van der Waals surface area contributed by atoms with Gasteiger partial charge in [0.1, 0.15) is 5.60 Å². The van der Waals surface area contributed by atoms with Gasteiger partial charge in [-0.1, -0.05) is 12.8 Å². The number of rotatable bonds is 1. The van der Waals surface area contributed by atoms with Crippen molar-refractivity contribution in [1.29, 1.82) is 0 Å². The molecule has 5 heteroatoms. The van der Waals surface area contributed by atoms with Gasteiger partial charge in [-0.25, -0.2) is 4.79 Å². The van der Waals surface area contributed by atoms with E-state index in [-0.39, 0.29) is 6.09 Å². The summed E-state index contributed by atoms with van der Waals surface area (Å²) in [4.78, 5) is 13.8. The lowest BCUT2D eigenvalue weighted by Gasteiger charge is -2.53. The van der Waals surface area contributed by atoms with Crippen molar-refractivity contribution >= 4 is 18.9 Å². The molecular formula is C13H24N2O2S. The number of hydrogen-bond acceptors (Lipinski definition) is 4. The van der Waals surface area contributed by atoms with Crippen molar-refractivity contribution in [2.75, 3.05) is 13.1 Å². The van der Waals surface area contributed by atoms with E-state index in [1.165, 1.54) is 12.8 Å². The Bertz CT molecular complexity index is 317. The van der Waals surface area contributed by atoms with Crippen LogP contribution in [0.2, 0.25) is 0 Å². The summed E-state index contributed by atoms with van der Waals surface area (Å²) in [6, 6.07) is 0.515. The number of hydrogen-bond donors (Lipinski definition) is 2. The number of carbonyl (C=O) groups is 1. The predicted molar refractivity (Wildman–Crippen MR) is 74.6 cm³/mol. The van der Waals surface area contributed by atoms with Crippen LogP contribution in [0, 0.1) is 5.41 Å². The third kappa shape index (κ3) is 2.77. The van der Waals surface area contributed by atoms with E-state index in [4.69, 9.17) is 4.74 Å². The Morgan fingerprint density at radius 1 is 1.33 bits per heavy atom. The van der Waals surface area contributed by atoms with Crippen LogP contribution >= 0.6 is 12.8 Å². The maximum atomic E-state index is 12.0. The molecule has 1 N–H and O–H groups in total. The molecule has 0 aromatic carbocycles. The fraction of sp³-hybridized carbons (Fsp3) is 0.923. The van der Waals surface area contributed by atoms with E-state index in [1.807, 2.05) is 25.7 Å². The summed E-state index contributed by atoms with van der Waals surface area (Å²) in [7, 11) is 0. The maximum absolute atomic E-state index is 12.0. The third-order valence-electron chi connectivity index (χ3n) is 4.24. The number of carbonyl (C=O) groups excluding carboxylic acids is 1. The standard InChI is InChI=1S/C13H24N2O2S/c1-12(2,3)17-11(16)15-8-6-13(7-9-15)5-4-10(13)14-18/h10,14,18H,4-9H2,1-3H3. The fourth-order valence-corrected chi connectivity index (χ4v) is 3.36. The van der Waals surface area contributed by atoms with E-state index in [0.717, 1.165) is 25.9 Å². The molecule has 1 saturated heterocycles. The molecule has 104 valence electrons. The summed E-state index contributed by atoms with van der Waals surface area (Å²) < 4.78 is 8.51. The summed E-state index contributed by atoms with van der Waals surface area (Å²) in [5.41, 5.74) is -0.0296. The Morgan fingerprint density at radius 3 is 2.33 bits per heavy atom. The van der Waals surface area contributed by atoms with Crippen LogP contribution in [0.1, 0.15) is 46.5 Å². The summed E-state index contributed by atoms with van der Waals surface area (Å²) in [6.07, 6.45) is 4.41. The first-order valence-corrected chi connectivity index (χ1v) is 7.19. The topological polar surface area (TPSA) is 41.6 Å². The lowest BCUT2D eigenvalue weighted by atomic mass is 9.60. The molecule has 18 heavy (non-hydrogen) atoms. The Labute approximate surface area is 115 Å². The molecule has 1 atom stereocenters. The van der Waals surface area contributed by atoms with Crippen molar-refractivity contribution in [3.8, 4) is 0 Å². The molecule has 2 fully saturated rings. The van der Waals surface area contributed by atoms with E-state index < -0.39 is 5.60 Å². The Hall–Kier alpha value is -0.420. The van der Waals surface area contributed by atoms with E-state index in [2.05, 4.69) is 17.5 Å². The Kier molecular flexibility index (Phi) is 3.83. The zero-order valence-corrected chi connectivity index (χ0v) is 12.4. The second-order valence-electron chi connectivity index (χ2n) is 6.55. The van der Waals surface area contributed by atoms with E-state index in [0.29, 0.717) is 11.5 Å². The van der Waals surface area contributed by atoms with Crippen LogP contribution in [0.15, 0.2) is 0 Å². The minimum absolute atomic E-state index is 0.174. The quantitative estimate of drug-likeness (QED) is 0.721. The summed E-state index contributed by atoms with van der Waals surface area (Å²) >= 11 is 4.20. The Morgan fingerprint density at radius 2 is 1.94 bits per heavy atom. The second-order valence-corrected chi connectivity index (χ2v) is 6.81. The van der Waals surface area contributed by atoms with Crippen LogP contribution in [0.5, 0.6) is 0 Å². The average Bonchev–Trinajstić information content (AvgIpc) is 2.26. The van der Waals surface area contributed by atoms with Gasteiger partial charge >= 0.3 is 6.09 Å². The molecule has 4 nitrogen and oxygen atoms in total. The fourth-order valence-electron chi connectivity index (χ4n) is 2.96. The van der Waals surface area contributed by atoms with Gasteiger partial charge < -0.3 is 9.64 Å². The van der Waals surface area contributed by atoms with Crippen molar-refractivity contribution in [3.63, 3.8) is 0 Å². The van der Waals surface area contributed by atoms with Crippen molar-refractivity contribution in [2.45, 2.75) is 58.1 Å². The second kappa shape index (κ2) is 4.93. The van der Waals surface area contributed by atoms with Gasteiger partial charge in [0.15, 0.2) is 0 Å². The molecule has 0 radical (unpaired) electrons. The van der Waals surface area contributed by atoms with Crippen LogP contribution in [0.3, 0.4) is 0 Å². The van der Waals surface area contributed by atoms with Gasteiger partial charge in [0.05, 0.1) is 0 Å². The summed E-state index contributed by atoms with van der Waals surface area (Å²) in [6.45, 7) is 7.33. The highest BCUT2D eigenvalue weighted by Crippen LogP contribution is 2.49. The van der Waals surface area contributed by atoms with Gasteiger partial charge in [-0.05, 0) is 51.9 Å². The zero-order valence-electron chi connectivity index (χ0n) is 11.5. The molecule has 1 spiro atoms. The molecule has 1 heterocycles. The van der Waals surface area contributed by atoms with E-state index >= 15 is 0 Å². The molecule has 2 rings (SSSR count). The predicted octanol–water partition coefficient (Wildman–Crippen LogP) is 2.60. The number of ether oxygens (including phenoxy) is 1. The van der Waals surface area contributed by atoms with Gasteiger partial charge in [0.2, 0.25) is 0 Å². The number of piperidine rings is 1. The van der Waals surface area contributed by atoms with Crippen LogP contribution in [0.25, 0.3) is 0 Å². The first-order chi connectivity index (χ1) is 8.36. The first kappa shape index (κ1) is 14.0. The normalized spacial score (nSPS) is 26.9. The van der Waals surface area contributed by atoms with Gasteiger partial charge in [0, 0.05) is 19.1 Å². The van der Waals surface area contributed by atoms with Crippen LogP contribution < -0.4 is 4.72 Å². The number of likely N-dealkylation sites (tertiary alicyclic amines) is 1. The van der Waals surface area contributed by atoms with Gasteiger partial charge in [0.25, 0.3) is 0 Å². The molecule has 0 aromatic rings. The average molecular weight is 272 g/mol. The molecule has 1 aliphatic carbocycles. The van der Waals surface area contributed by atoms with Gasteiger partial charge in [-0.15, -0.1) is 0 Å². The Balaban J connectivity index is 1.85. The first-order valence-electron chi connectivity index (χ1n) is 6.74. The largest absolute Gasteiger partial charge is 0.444 e. The third-order valence-corrected chi connectivity index (χ3v) is 4.55. The highest BCUT2D eigenvalue weighted by atomic mass is 32.1. The molecule has 2 aliphatic rings. The molecule has 1 saturated carbocycles. The van der Waals surface area contributed by atoms with Crippen LogP contribution in [-0.2, 0) is 4.74 Å². The number of nitrogens with zero attached hydrogens (tertiary/aromatic N) is 1. The smallest absolute Gasteiger partial charge is 0.410 e. The highest BCUT2D eigenvalue weighted by molar-refractivity contribution is 7.78. The molecule has 1 aliphatic heterocycles. The molecule has 1 amide bonds. The zero-order chi connectivity index (χ0) is 13.4. The van der Waals surface area contributed by atoms with Crippen LogP contribution in [0.4, 0.5) is 4.79 Å². The lowest BCUT2D eigenvalue weighted by Crippen LogP contribution is -2.57. The maximum Gasteiger partial charge on any atom is 0.410 e. The minimum atomic E-state index is -0.405. The van der Waals surface area contributed by atoms with Crippen LogP contribution in [-0.4, -0.2) is 35.7 Å². The van der Waals surface area contributed by atoms with Crippen molar-refractivity contribution < 1.29 is 9.53 Å². The number of amides is 1. The highest BCUT2D eigenvalue weighted by Gasteiger charge is 2.48. The number of thiol groups is 1. The molecule has 0 aromatic heterocycles. The van der Waals surface area contributed by atoms with E-state index in [9.17, 15) is 4.79 Å². The monoisotopic (exact) mass is 272 g/mol. The van der Waals surface area contributed by atoms with Gasteiger partial charge in [-0.3, -0.25) is 4.72 Å². The molecule has 1 unspecified atom stereocenters. The lowest BCUT2D eigenvalue weighted by molar-refractivity contribution is -0.0176. The van der Waals surface area contributed by atoms with Crippen molar-refractivity contribution in [3.05, 3.63) is 0 Å². The molecule has 0 bridgehead atoms. The number of nitrogens with one attached hydrogen (secondary N) is 1. The van der Waals surface area contributed by atoms with Crippen molar-refractivity contribution in [1.82, 2.24) is 9.62 Å². The van der Waals surface area contributed by atoms with E-state index in [1.54, 1.807) is 0 Å². The summed E-state index contributed by atoms with van der Waals surface area (Å²) in [5, 5.41) is 0. The van der Waals surface area contributed by atoms with Gasteiger partial charge in [-0.2, -0.15) is 0 Å². The summed E-state index contributed by atoms with van der Waals surface area (Å²) in [5.74, 6) is 0. The van der Waals surface area contributed by atoms with Crippen molar-refractivity contribution in [2.24, 2.45) is 5.41 Å².